The number of aromatic nitrogens is 2. The van der Waals surface area contributed by atoms with Gasteiger partial charge in [0.25, 0.3) is 0 Å². The molecule has 0 unspecified atom stereocenters. The Kier molecular flexibility index (Phi) is 2.53. The average Bonchev–Trinajstić information content (AvgIpc) is 2.72. The van der Waals surface area contributed by atoms with E-state index in [2.05, 4.69) is 15.0 Å². The first-order valence-corrected chi connectivity index (χ1v) is 4.08. The Hall–Kier alpha value is -1.72. The zero-order valence-corrected chi connectivity index (χ0v) is 7.38. The summed E-state index contributed by atoms with van der Waals surface area (Å²) in [6, 6.07) is 5.45. The lowest BCUT2D eigenvalue weighted by atomic mass is 10.2. The molecule has 0 atom stereocenters. The number of nitrogens with zero attached hydrogens (tertiary/aromatic N) is 2. The van der Waals surface area contributed by atoms with Crippen molar-refractivity contribution in [1.29, 1.82) is 0 Å². The van der Waals surface area contributed by atoms with Crippen LogP contribution < -0.4 is 5.90 Å². The van der Waals surface area contributed by atoms with Gasteiger partial charge in [-0.3, -0.25) is 9.82 Å². The van der Waals surface area contributed by atoms with Gasteiger partial charge < -0.3 is 4.52 Å². The van der Waals surface area contributed by atoms with E-state index in [1.165, 1.54) is 0 Å². The highest BCUT2D eigenvalue weighted by molar-refractivity contribution is 5.50. The van der Waals surface area contributed by atoms with Gasteiger partial charge in [0.15, 0.2) is 5.76 Å². The second kappa shape index (κ2) is 3.99. The Balaban J connectivity index is 2.22. The van der Waals surface area contributed by atoms with Gasteiger partial charge in [-0.15, -0.1) is 0 Å². The molecule has 5 heteroatoms. The Labute approximate surface area is 80.4 Å². The minimum Gasteiger partial charge on any atom is -0.355 e. The fourth-order valence-corrected chi connectivity index (χ4v) is 1.10. The van der Waals surface area contributed by atoms with Crippen molar-refractivity contribution < 1.29 is 9.36 Å². The van der Waals surface area contributed by atoms with Crippen molar-refractivity contribution >= 4 is 0 Å². The smallest absolute Gasteiger partial charge is 0.185 e. The molecule has 0 aliphatic rings. The van der Waals surface area contributed by atoms with E-state index in [-0.39, 0.29) is 0 Å². The first-order chi connectivity index (χ1) is 6.90. The molecule has 5 nitrogen and oxygen atoms in total. The molecule has 0 bridgehead atoms. The van der Waals surface area contributed by atoms with Crippen molar-refractivity contribution in [3.8, 4) is 11.5 Å². The summed E-state index contributed by atoms with van der Waals surface area (Å²) in [6.45, 7) is 0.351. The summed E-state index contributed by atoms with van der Waals surface area (Å²) in [5.41, 5.74) is 1.65. The van der Waals surface area contributed by atoms with Crippen molar-refractivity contribution in [1.82, 2.24) is 10.1 Å². The highest BCUT2D eigenvalue weighted by atomic mass is 16.6. The lowest BCUT2D eigenvalue weighted by molar-refractivity contribution is 0.124. The van der Waals surface area contributed by atoms with Crippen LogP contribution in [-0.4, -0.2) is 10.1 Å². The molecule has 0 saturated heterocycles. The quantitative estimate of drug-likeness (QED) is 0.736. The molecule has 2 aromatic rings. The molecule has 2 rings (SSSR count). The first-order valence-electron chi connectivity index (χ1n) is 4.08. The number of hydrogen-bond donors (Lipinski definition) is 1. The van der Waals surface area contributed by atoms with Crippen LogP contribution in [0.4, 0.5) is 0 Å². The Morgan fingerprint density at radius 2 is 2.29 bits per heavy atom. The zero-order valence-electron chi connectivity index (χ0n) is 7.38. The fourth-order valence-electron chi connectivity index (χ4n) is 1.10. The van der Waals surface area contributed by atoms with Crippen molar-refractivity contribution in [3.05, 3.63) is 36.2 Å². The van der Waals surface area contributed by atoms with E-state index in [4.69, 9.17) is 10.4 Å². The van der Waals surface area contributed by atoms with Crippen LogP contribution in [0.5, 0.6) is 0 Å². The molecule has 0 radical (unpaired) electrons. The Bertz CT molecular complexity index is 383. The molecule has 14 heavy (non-hydrogen) atoms. The molecule has 0 amide bonds. The van der Waals surface area contributed by atoms with Crippen LogP contribution in [-0.2, 0) is 11.4 Å². The number of rotatable bonds is 3. The van der Waals surface area contributed by atoms with Crippen LogP contribution in [0.1, 0.15) is 5.56 Å². The van der Waals surface area contributed by atoms with Crippen LogP contribution in [0.15, 0.2) is 35.1 Å². The van der Waals surface area contributed by atoms with E-state index in [0.29, 0.717) is 12.4 Å². The predicted molar refractivity (Wildman–Crippen MR) is 48.7 cm³/mol. The standard InChI is InChI=1S/C9H9N3O2/c10-13-6-7-1-2-8(11-5-7)9-3-4-12-14-9/h1-5H,6,10H2. The molecular weight excluding hydrogens is 182 g/mol. The molecular formula is C9H9N3O2. The van der Waals surface area contributed by atoms with E-state index in [1.54, 1.807) is 18.5 Å². The SMILES string of the molecule is NOCc1ccc(-c2ccno2)nc1. The minimum atomic E-state index is 0.351. The van der Waals surface area contributed by atoms with Gasteiger partial charge in [0.1, 0.15) is 5.69 Å². The van der Waals surface area contributed by atoms with Crippen LogP contribution in [0, 0.1) is 0 Å². The second-order valence-electron chi connectivity index (χ2n) is 2.74. The molecule has 2 heterocycles. The predicted octanol–water partition coefficient (Wildman–Crippen LogP) is 1.13. The third kappa shape index (κ3) is 1.78. The molecule has 0 aliphatic carbocycles. The highest BCUT2D eigenvalue weighted by Gasteiger charge is 2.02. The molecule has 0 spiro atoms. The van der Waals surface area contributed by atoms with E-state index in [1.807, 2.05) is 12.1 Å². The van der Waals surface area contributed by atoms with Gasteiger partial charge in [0.2, 0.25) is 0 Å². The highest BCUT2D eigenvalue weighted by Crippen LogP contribution is 2.15. The van der Waals surface area contributed by atoms with E-state index < -0.39 is 0 Å². The molecule has 2 aromatic heterocycles. The Morgan fingerprint density at radius 3 is 2.86 bits per heavy atom. The molecule has 72 valence electrons. The van der Waals surface area contributed by atoms with Gasteiger partial charge in [-0.2, -0.15) is 0 Å². The van der Waals surface area contributed by atoms with E-state index >= 15 is 0 Å². The Morgan fingerprint density at radius 1 is 1.36 bits per heavy atom. The molecule has 0 fully saturated rings. The van der Waals surface area contributed by atoms with Gasteiger partial charge in [0, 0.05) is 12.3 Å². The van der Waals surface area contributed by atoms with Crippen molar-refractivity contribution in [3.63, 3.8) is 0 Å². The lowest BCUT2D eigenvalue weighted by Crippen LogP contribution is -1.99. The maximum absolute atomic E-state index is 4.95. The normalized spacial score (nSPS) is 10.4. The van der Waals surface area contributed by atoms with Crippen molar-refractivity contribution in [2.45, 2.75) is 6.61 Å². The first kappa shape index (κ1) is 8.86. The van der Waals surface area contributed by atoms with Gasteiger partial charge in [-0.25, -0.2) is 5.90 Å². The molecule has 0 saturated carbocycles. The minimum absolute atomic E-state index is 0.351. The number of nitrogens with two attached hydrogens (primary N) is 1. The maximum Gasteiger partial charge on any atom is 0.185 e. The third-order valence-corrected chi connectivity index (χ3v) is 1.77. The fraction of sp³-hybridized carbons (Fsp3) is 0.111. The zero-order chi connectivity index (χ0) is 9.80. The summed E-state index contributed by atoms with van der Waals surface area (Å²) in [4.78, 5) is 8.65. The van der Waals surface area contributed by atoms with Crippen LogP contribution >= 0.6 is 0 Å². The van der Waals surface area contributed by atoms with Gasteiger partial charge >= 0.3 is 0 Å². The summed E-state index contributed by atoms with van der Waals surface area (Å²) < 4.78 is 4.95. The summed E-state index contributed by atoms with van der Waals surface area (Å²) in [6.07, 6.45) is 3.26. The van der Waals surface area contributed by atoms with Crippen LogP contribution in [0.2, 0.25) is 0 Å². The monoisotopic (exact) mass is 191 g/mol. The number of pyridine rings is 1. The third-order valence-electron chi connectivity index (χ3n) is 1.77. The van der Waals surface area contributed by atoms with Gasteiger partial charge in [-0.05, 0) is 11.6 Å². The summed E-state index contributed by atoms with van der Waals surface area (Å²) in [5, 5.41) is 3.60. The summed E-state index contributed by atoms with van der Waals surface area (Å²) in [7, 11) is 0. The summed E-state index contributed by atoms with van der Waals surface area (Å²) in [5.74, 6) is 5.58. The maximum atomic E-state index is 4.95. The van der Waals surface area contributed by atoms with Crippen molar-refractivity contribution in [2.75, 3.05) is 0 Å². The van der Waals surface area contributed by atoms with Crippen LogP contribution in [0.25, 0.3) is 11.5 Å². The molecule has 0 aliphatic heterocycles. The van der Waals surface area contributed by atoms with E-state index in [0.717, 1.165) is 11.3 Å². The van der Waals surface area contributed by atoms with Crippen molar-refractivity contribution in [2.24, 2.45) is 5.90 Å². The summed E-state index contributed by atoms with van der Waals surface area (Å²) >= 11 is 0. The van der Waals surface area contributed by atoms with Crippen LogP contribution in [0.3, 0.4) is 0 Å². The topological polar surface area (TPSA) is 74.2 Å². The van der Waals surface area contributed by atoms with Gasteiger partial charge in [0.05, 0.1) is 12.8 Å². The van der Waals surface area contributed by atoms with E-state index in [9.17, 15) is 0 Å². The lowest BCUT2D eigenvalue weighted by Gasteiger charge is -1.98. The molecule has 2 N–H and O–H groups in total. The average molecular weight is 191 g/mol. The largest absolute Gasteiger partial charge is 0.355 e. The number of hydrogen-bond acceptors (Lipinski definition) is 5. The molecule has 0 aromatic carbocycles. The van der Waals surface area contributed by atoms with Gasteiger partial charge in [-0.1, -0.05) is 11.2 Å². The second-order valence-corrected chi connectivity index (χ2v) is 2.74.